The van der Waals surface area contributed by atoms with Crippen LogP contribution in [-0.2, 0) is 0 Å². The normalized spacial score (nSPS) is 12.0. The van der Waals surface area contributed by atoms with Crippen LogP contribution < -0.4 is 4.90 Å². The molecule has 0 atom stereocenters. The van der Waals surface area contributed by atoms with Crippen LogP contribution in [0.5, 0.6) is 0 Å². The molecule has 0 radical (unpaired) electrons. The van der Waals surface area contributed by atoms with Crippen LogP contribution in [0.4, 0.5) is 17.1 Å². The van der Waals surface area contributed by atoms with E-state index in [1.54, 1.807) is 0 Å². The minimum absolute atomic E-state index is 0.877. The fraction of sp³-hybridized carbons (Fsp3) is 0. The molecule has 0 saturated heterocycles. The van der Waals surface area contributed by atoms with Gasteiger partial charge < -0.3 is 4.90 Å². The standard InChI is InChI=1S/C51H33N3/c1-4-16-34(17-5-1)38-32-45(37-20-6-2-7-21-37)52-47(33-38)54-49-40-24-12-10-18-35(40)28-30-43(49)48-42-26-14-15-27-46(42)53(39-22-8-3-9-23-39)50-41-25-13-11-19-36(41)29-31-44(50)51(48)54/h1-33H. The molecule has 10 aromatic rings. The van der Waals surface area contributed by atoms with Crippen molar-refractivity contribution in [3.05, 3.63) is 200 Å². The van der Waals surface area contributed by atoms with E-state index in [0.717, 1.165) is 62.0 Å². The first-order chi connectivity index (χ1) is 26.8. The predicted octanol–water partition coefficient (Wildman–Crippen LogP) is 13.8. The SMILES string of the molecule is c1ccc(-c2cc(-c3ccccc3)nc(-n3c4c(c5ccc6ccccc6c53)-c3ccccc3N(c3ccccc3)c3c-4ccc4ccccc34)c2)cc1. The number of benzene rings is 8. The Morgan fingerprint density at radius 1 is 0.407 bits per heavy atom. The van der Waals surface area contributed by atoms with Crippen LogP contribution in [0.2, 0.25) is 0 Å². The number of pyridine rings is 1. The van der Waals surface area contributed by atoms with E-state index in [1.807, 2.05) is 0 Å². The fourth-order valence-electron chi connectivity index (χ4n) is 8.52. The molecule has 2 aromatic heterocycles. The van der Waals surface area contributed by atoms with Gasteiger partial charge in [0, 0.05) is 44.1 Å². The van der Waals surface area contributed by atoms with Gasteiger partial charge in [-0.15, -0.1) is 0 Å². The number of para-hydroxylation sites is 2. The zero-order valence-corrected chi connectivity index (χ0v) is 29.4. The maximum absolute atomic E-state index is 5.59. The summed E-state index contributed by atoms with van der Waals surface area (Å²) < 4.78 is 2.46. The second-order valence-electron chi connectivity index (χ2n) is 13.9. The van der Waals surface area contributed by atoms with Gasteiger partial charge in [0.05, 0.1) is 28.3 Å². The van der Waals surface area contributed by atoms with Crippen LogP contribution >= 0.6 is 0 Å². The maximum Gasteiger partial charge on any atom is 0.138 e. The van der Waals surface area contributed by atoms with Crippen LogP contribution in [0.3, 0.4) is 0 Å². The monoisotopic (exact) mass is 687 g/mol. The quantitative estimate of drug-likeness (QED) is 0.184. The van der Waals surface area contributed by atoms with E-state index in [1.165, 1.54) is 38.1 Å². The van der Waals surface area contributed by atoms with E-state index in [0.29, 0.717) is 0 Å². The zero-order chi connectivity index (χ0) is 35.6. The molecule has 3 nitrogen and oxygen atoms in total. The zero-order valence-electron chi connectivity index (χ0n) is 29.4. The Morgan fingerprint density at radius 2 is 1.02 bits per heavy atom. The molecule has 8 aromatic carbocycles. The van der Waals surface area contributed by atoms with Gasteiger partial charge in [-0.2, -0.15) is 0 Å². The average molecular weight is 688 g/mol. The third-order valence-electron chi connectivity index (χ3n) is 10.9. The van der Waals surface area contributed by atoms with Crippen molar-refractivity contribution in [1.29, 1.82) is 0 Å². The van der Waals surface area contributed by atoms with E-state index in [-0.39, 0.29) is 0 Å². The van der Waals surface area contributed by atoms with Gasteiger partial charge in [-0.05, 0) is 52.2 Å². The molecule has 0 spiro atoms. The Labute approximate surface area is 313 Å². The molecule has 0 amide bonds. The predicted molar refractivity (Wildman–Crippen MR) is 226 cm³/mol. The lowest BCUT2D eigenvalue weighted by molar-refractivity contribution is 1.06. The van der Waals surface area contributed by atoms with Gasteiger partial charge in [-0.1, -0.05) is 170 Å². The summed E-state index contributed by atoms with van der Waals surface area (Å²) in [4.78, 5) is 8.05. The minimum Gasteiger partial charge on any atom is -0.309 e. The van der Waals surface area contributed by atoms with Crippen molar-refractivity contribution in [2.24, 2.45) is 0 Å². The fourth-order valence-corrected chi connectivity index (χ4v) is 8.52. The number of rotatable bonds is 4. The van der Waals surface area contributed by atoms with Crippen LogP contribution in [0.1, 0.15) is 0 Å². The Kier molecular flexibility index (Phi) is 6.86. The van der Waals surface area contributed by atoms with Crippen LogP contribution in [0.15, 0.2) is 200 Å². The van der Waals surface area contributed by atoms with E-state index in [4.69, 9.17) is 4.98 Å². The van der Waals surface area contributed by atoms with Crippen LogP contribution in [0.25, 0.3) is 83.0 Å². The largest absolute Gasteiger partial charge is 0.309 e. The second kappa shape index (κ2) is 12.2. The number of aromatic nitrogens is 2. The van der Waals surface area contributed by atoms with Crippen molar-refractivity contribution in [1.82, 2.24) is 9.55 Å². The molecule has 0 N–H and O–H groups in total. The van der Waals surface area contributed by atoms with Crippen molar-refractivity contribution >= 4 is 49.5 Å². The number of hydrogen-bond donors (Lipinski definition) is 0. The lowest BCUT2D eigenvalue weighted by Crippen LogP contribution is -2.12. The highest BCUT2D eigenvalue weighted by Gasteiger charge is 2.33. The maximum atomic E-state index is 5.59. The van der Waals surface area contributed by atoms with Crippen molar-refractivity contribution in [2.75, 3.05) is 4.90 Å². The summed E-state index contributed by atoms with van der Waals surface area (Å²) in [5, 5.41) is 5.97. The average Bonchev–Trinajstić information content (AvgIpc) is 3.54. The number of nitrogens with zero attached hydrogens (tertiary/aromatic N) is 3. The molecule has 54 heavy (non-hydrogen) atoms. The topological polar surface area (TPSA) is 21.1 Å². The first-order valence-corrected chi connectivity index (χ1v) is 18.5. The van der Waals surface area contributed by atoms with Crippen LogP contribution in [-0.4, -0.2) is 9.55 Å². The Hall–Kier alpha value is -7.23. The summed E-state index contributed by atoms with van der Waals surface area (Å²) in [6.07, 6.45) is 0. The summed E-state index contributed by atoms with van der Waals surface area (Å²) in [5.74, 6) is 0.877. The minimum atomic E-state index is 0.877. The van der Waals surface area contributed by atoms with Crippen molar-refractivity contribution in [2.45, 2.75) is 0 Å². The molecule has 0 aliphatic carbocycles. The molecule has 3 heteroatoms. The second-order valence-corrected chi connectivity index (χ2v) is 13.9. The van der Waals surface area contributed by atoms with Crippen molar-refractivity contribution in [3.8, 4) is 50.6 Å². The Morgan fingerprint density at radius 3 is 1.80 bits per heavy atom. The highest BCUT2D eigenvalue weighted by atomic mass is 15.2. The molecule has 11 rings (SSSR count). The van der Waals surface area contributed by atoms with Crippen LogP contribution in [0, 0.1) is 0 Å². The van der Waals surface area contributed by atoms with Gasteiger partial charge >= 0.3 is 0 Å². The highest BCUT2D eigenvalue weighted by Crippen LogP contribution is 2.56. The van der Waals surface area contributed by atoms with E-state index in [9.17, 15) is 0 Å². The van der Waals surface area contributed by atoms with Gasteiger partial charge in [-0.25, -0.2) is 4.98 Å². The summed E-state index contributed by atoms with van der Waals surface area (Å²) in [6.45, 7) is 0. The molecule has 0 fully saturated rings. The molecule has 3 heterocycles. The number of anilines is 3. The van der Waals surface area contributed by atoms with Crippen molar-refractivity contribution in [3.63, 3.8) is 0 Å². The molecule has 0 saturated carbocycles. The van der Waals surface area contributed by atoms with Crippen molar-refractivity contribution < 1.29 is 0 Å². The van der Waals surface area contributed by atoms with Gasteiger partial charge in [-0.3, -0.25) is 4.57 Å². The number of hydrogen-bond acceptors (Lipinski definition) is 2. The molecule has 1 aliphatic rings. The third-order valence-corrected chi connectivity index (χ3v) is 10.9. The summed E-state index contributed by atoms with van der Waals surface area (Å²) in [5.41, 5.74) is 13.5. The Bertz CT molecular complexity index is 2980. The third kappa shape index (κ3) is 4.65. The molecule has 0 bridgehead atoms. The first kappa shape index (κ1) is 30.4. The molecule has 252 valence electrons. The Balaban J connectivity index is 1.36. The molecule has 1 aliphatic heterocycles. The van der Waals surface area contributed by atoms with Gasteiger partial charge in [0.1, 0.15) is 5.82 Å². The molecular weight excluding hydrogens is 655 g/mol. The van der Waals surface area contributed by atoms with Gasteiger partial charge in [0.2, 0.25) is 0 Å². The summed E-state index contributed by atoms with van der Waals surface area (Å²) in [7, 11) is 0. The van der Waals surface area contributed by atoms with E-state index >= 15 is 0 Å². The molecule has 0 unspecified atom stereocenters. The lowest BCUT2D eigenvalue weighted by Gasteiger charge is -2.29. The van der Waals surface area contributed by atoms with E-state index in [2.05, 4.69) is 210 Å². The van der Waals surface area contributed by atoms with E-state index < -0.39 is 0 Å². The number of fused-ring (bicyclic) bond motifs is 11. The molecular formula is C51H33N3. The highest BCUT2D eigenvalue weighted by molar-refractivity contribution is 6.21. The van der Waals surface area contributed by atoms with Gasteiger partial charge in [0.25, 0.3) is 0 Å². The first-order valence-electron chi connectivity index (χ1n) is 18.5. The summed E-state index contributed by atoms with van der Waals surface area (Å²) >= 11 is 0. The summed E-state index contributed by atoms with van der Waals surface area (Å²) in [6, 6.07) is 72.1. The van der Waals surface area contributed by atoms with Gasteiger partial charge in [0.15, 0.2) is 0 Å². The smallest absolute Gasteiger partial charge is 0.138 e. The lowest BCUT2D eigenvalue weighted by atomic mass is 9.96.